The molecule has 1 aliphatic heterocycles. The fourth-order valence-corrected chi connectivity index (χ4v) is 2.42. The van der Waals surface area contributed by atoms with Crippen LogP contribution in [0.1, 0.15) is 25.0 Å². The number of hydrogen-bond acceptors (Lipinski definition) is 5. The molecule has 20 heavy (non-hydrogen) atoms. The van der Waals surface area contributed by atoms with Gasteiger partial charge < -0.3 is 9.63 Å². The fraction of sp³-hybridized carbons (Fsp3) is 0.615. The first kappa shape index (κ1) is 14.5. The van der Waals surface area contributed by atoms with Gasteiger partial charge >= 0.3 is 5.97 Å². The minimum atomic E-state index is -0.762. The number of likely N-dealkylation sites (tertiary alicyclic amines) is 1. The third-order valence-corrected chi connectivity index (χ3v) is 3.39. The van der Waals surface area contributed by atoms with E-state index in [2.05, 4.69) is 10.5 Å². The molecule has 2 heterocycles. The maximum atomic E-state index is 11.8. The molecule has 1 aromatic rings. The van der Waals surface area contributed by atoms with Crippen LogP contribution in [0.2, 0.25) is 0 Å². The van der Waals surface area contributed by atoms with Gasteiger partial charge in [0.1, 0.15) is 0 Å². The zero-order chi connectivity index (χ0) is 14.5. The van der Waals surface area contributed by atoms with Crippen LogP contribution in [0.25, 0.3) is 0 Å². The summed E-state index contributed by atoms with van der Waals surface area (Å²) in [6.07, 6.45) is 1.82. The van der Waals surface area contributed by atoms with E-state index >= 15 is 0 Å². The molecular formula is C13H19N3O4. The lowest BCUT2D eigenvalue weighted by Crippen LogP contribution is -2.31. The van der Waals surface area contributed by atoms with Crippen molar-refractivity contribution in [3.05, 3.63) is 11.8 Å². The Morgan fingerprint density at radius 1 is 1.60 bits per heavy atom. The predicted octanol–water partition coefficient (Wildman–Crippen LogP) is 1.11. The average Bonchev–Trinajstić information content (AvgIpc) is 2.96. The van der Waals surface area contributed by atoms with E-state index in [1.807, 2.05) is 4.90 Å². The Morgan fingerprint density at radius 3 is 3.05 bits per heavy atom. The molecule has 1 aliphatic rings. The van der Waals surface area contributed by atoms with Crippen LogP contribution in [0.3, 0.4) is 0 Å². The molecule has 0 aromatic carbocycles. The predicted molar refractivity (Wildman–Crippen MR) is 71.3 cm³/mol. The van der Waals surface area contributed by atoms with Gasteiger partial charge in [-0.1, -0.05) is 5.16 Å². The van der Waals surface area contributed by atoms with E-state index in [1.54, 1.807) is 13.0 Å². The van der Waals surface area contributed by atoms with Gasteiger partial charge in [0.2, 0.25) is 11.8 Å². The lowest BCUT2D eigenvalue weighted by molar-refractivity contribution is -0.137. The number of hydrogen-bond donors (Lipinski definition) is 2. The van der Waals surface area contributed by atoms with Crippen molar-refractivity contribution in [3.8, 4) is 0 Å². The summed E-state index contributed by atoms with van der Waals surface area (Å²) < 4.78 is 4.92. The van der Waals surface area contributed by atoms with Crippen LogP contribution in [0.4, 0.5) is 5.88 Å². The highest BCUT2D eigenvalue weighted by atomic mass is 16.5. The molecule has 1 saturated heterocycles. The molecule has 0 saturated carbocycles. The number of carboxylic acid groups (broad SMARTS) is 1. The van der Waals surface area contributed by atoms with E-state index < -0.39 is 5.97 Å². The maximum Gasteiger partial charge on any atom is 0.303 e. The van der Waals surface area contributed by atoms with E-state index in [0.717, 1.165) is 25.2 Å². The minimum Gasteiger partial charge on any atom is -0.481 e. The Bertz CT molecular complexity index is 486. The van der Waals surface area contributed by atoms with Gasteiger partial charge in [0.15, 0.2) is 0 Å². The van der Waals surface area contributed by atoms with Crippen molar-refractivity contribution in [2.24, 2.45) is 5.92 Å². The van der Waals surface area contributed by atoms with Gasteiger partial charge in [0.05, 0.1) is 12.2 Å². The number of aliphatic carboxylic acids is 1. The number of aromatic nitrogens is 1. The standard InChI is InChI=1S/C13H19N3O4/c1-9-6-12(20-15-9)14-11(17)8-16-5-4-10(7-16)2-3-13(18)19/h6,10H,2-5,7-8H2,1H3,(H,14,17)(H,18,19). The number of carbonyl (C=O) groups excluding carboxylic acids is 1. The van der Waals surface area contributed by atoms with Crippen molar-refractivity contribution in [3.63, 3.8) is 0 Å². The highest BCUT2D eigenvalue weighted by molar-refractivity contribution is 5.90. The summed E-state index contributed by atoms with van der Waals surface area (Å²) in [4.78, 5) is 24.4. The summed E-state index contributed by atoms with van der Waals surface area (Å²) in [7, 11) is 0. The molecular weight excluding hydrogens is 262 g/mol. The SMILES string of the molecule is Cc1cc(NC(=O)CN2CCC(CCC(=O)O)C2)on1. The second kappa shape index (κ2) is 6.51. The Labute approximate surface area is 116 Å². The Balaban J connectivity index is 1.71. The van der Waals surface area contributed by atoms with Gasteiger partial charge in [-0.15, -0.1) is 0 Å². The first-order valence-corrected chi connectivity index (χ1v) is 6.70. The maximum absolute atomic E-state index is 11.8. The van der Waals surface area contributed by atoms with Crippen LogP contribution < -0.4 is 5.32 Å². The number of aryl methyl sites for hydroxylation is 1. The third-order valence-electron chi connectivity index (χ3n) is 3.39. The van der Waals surface area contributed by atoms with Crippen molar-refractivity contribution in [1.29, 1.82) is 0 Å². The van der Waals surface area contributed by atoms with Crippen LogP contribution in [0.5, 0.6) is 0 Å². The Morgan fingerprint density at radius 2 is 2.40 bits per heavy atom. The van der Waals surface area contributed by atoms with Crippen molar-refractivity contribution < 1.29 is 19.2 Å². The summed E-state index contributed by atoms with van der Waals surface area (Å²) >= 11 is 0. The van der Waals surface area contributed by atoms with Gasteiger partial charge in [0, 0.05) is 19.0 Å². The highest BCUT2D eigenvalue weighted by Crippen LogP contribution is 2.20. The first-order valence-electron chi connectivity index (χ1n) is 6.70. The first-order chi connectivity index (χ1) is 9.52. The van der Waals surface area contributed by atoms with Gasteiger partial charge in [-0.3, -0.25) is 19.8 Å². The largest absolute Gasteiger partial charge is 0.481 e. The third kappa shape index (κ3) is 4.34. The zero-order valence-corrected chi connectivity index (χ0v) is 11.5. The van der Waals surface area contributed by atoms with Gasteiger partial charge in [-0.2, -0.15) is 0 Å². The number of carbonyl (C=O) groups is 2. The smallest absolute Gasteiger partial charge is 0.303 e. The number of anilines is 1. The van der Waals surface area contributed by atoms with Crippen molar-refractivity contribution >= 4 is 17.8 Å². The summed E-state index contributed by atoms with van der Waals surface area (Å²) in [6.45, 7) is 3.68. The monoisotopic (exact) mass is 281 g/mol. The van der Waals surface area contributed by atoms with E-state index in [-0.39, 0.29) is 12.3 Å². The van der Waals surface area contributed by atoms with E-state index in [0.29, 0.717) is 24.8 Å². The Kier molecular flexibility index (Phi) is 4.73. The van der Waals surface area contributed by atoms with Crippen LogP contribution >= 0.6 is 0 Å². The summed E-state index contributed by atoms with van der Waals surface area (Å²) in [5.41, 5.74) is 0.718. The molecule has 0 bridgehead atoms. The van der Waals surface area contributed by atoms with Crippen molar-refractivity contribution in [1.82, 2.24) is 10.1 Å². The average molecular weight is 281 g/mol. The number of rotatable bonds is 6. The molecule has 7 nitrogen and oxygen atoms in total. The fourth-order valence-electron chi connectivity index (χ4n) is 2.42. The summed E-state index contributed by atoms with van der Waals surface area (Å²) in [6, 6.07) is 1.66. The normalized spacial score (nSPS) is 19.1. The minimum absolute atomic E-state index is 0.139. The molecule has 0 radical (unpaired) electrons. The molecule has 1 aromatic heterocycles. The number of carboxylic acids is 1. The Hall–Kier alpha value is -1.89. The van der Waals surface area contributed by atoms with E-state index in [9.17, 15) is 9.59 Å². The second-order valence-electron chi connectivity index (χ2n) is 5.20. The van der Waals surface area contributed by atoms with Crippen molar-refractivity contribution in [2.75, 3.05) is 25.0 Å². The molecule has 1 unspecified atom stereocenters. The van der Waals surface area contributed by atoms with Crippen LogP contribution in [-0.2, 0) is 9.59 Å². The molecule has 2 N–H and O–H groups in total. The molecule has 110 valence electrons. The number of nitrogens with one attached hydrogen (secondary N) is 1. The molecule has 1 amide bonds. The second-order valence-corrected chi connectivity index (χ2v) is 5.20. The number of amides is 1. The lowest BCUT2D eigenvalue weighted by atomic mass is 10.0. The molecule has 7 heteroatoms. The van der Waals surface area contributed by atoms with E-state index in [4.69, 9.17) is 9.63 Å². The van der Waals surface area contributed by atoms with Gasteiger partial charge in [-0.05, 0) is 32.2 Å². The lowest BCUT2D eigenvalue weighted by Gasteiger charge is -2.14. The van der Waals surface area contributed by atoms with Gasteiger partial charge in [0.25, 0.3) is 0 Å². The van der Waals surface area contributed by atoms with Crippen LogP contribution in [0.15, 0.2) is 10.6 Å². The molecule has 0 aliphatic carbocycles. The molecule has 1 fully saturated rings. The highest BCUT2D eigenvalue weighted by Gasteiger charge is 2.24. The van der Waals surface area contributed by atoms with Crippen LogP contribution in [-0.4, -0.2) is 46.7 Å². The molecule has 0 spiro atoms. The summed E-state index contributed by atoms with van der Waals surface area (Å²) in [5.74, 6) is -0.178. The van der Waals surface area contributed by atoms with Crippen LogP contribution in [0, 0.1) is 12.8 Å². The number of nitrogens with zero attached hydrogens (tertiary/aromatic N) is 2. The summed E-state index contributed by atoms with van der Waals surface area (Å²) in [5, 5.41) is 15.0. The van der Waals surface area contributed by atoms with Crippen molar-refractivity contribution in [2.45, 2.75) is 26.2 Å². The topological polar surface area (TPSA) is 95.7 Å². The van der Waals surface area contributed by atoms with Gasteiger partial charge in [-0.25, -0.2) is 0 Å². The van der Waals surface area contributed by atoms with E-state index in [1.165, 1.54) is 0 Å². The molecule has 2 rings (SSSR count). The zero-order valence-electron chi connectivity index (χ0n) is 11.5. The molecule has 1 atom stereocenters. The quantitative estimate of drug-likeness (QED) is 0.811.